The lowest BCUT2D eigenvalue weighted by atomic mass is 10.2. The van der Waals surface area contributed by atoms with Crippen LogP contribution in [-0.2, 0) is 19.6 Å². The molecular weight excluding hydrogens is 310 g/mol. The largest absolute Gasteiger partial charge is 0.465 e. The zero-order valence-electron chi connectivity index (χ0n) is 15.6. The predicted octanol–water partition coefficient (Wildman–Crippen LogP) is 3.41. The summed E-state index contributed by atoms with van der Waals surface area (Å²) in [5.41, 5.74) is 2.75. The first-order chi connectivity index (χ1) is 12.2. The average molecular weight is 341 g/mol. The van der Waals surface area contributed by atoms with E-state index in [9.17, 15) is 0 Å². The topological polar surface area (TPSA) is 31.6 Å². The van der Waals surface area contributed by atoms with Crippen LogP contribution in [-0.4, -0.2) is 42.5 Å². The van der Waals surface area contributed by atoms with E-state index in [2.05, 4.69) is 65.4 Å². The Morgan fingerprint density at radius 3 is 2.36 bits per heavy atom. The average Bonchev–Trinajstić information content (AvgIpc) is 2.97. The van der Waals surface area contributed by atoms with Gasteiger partial charge in [0, 0.05) is 44.8 Å². The maximum absolute atomic E-state index is 5.90. The Kier molecular flexibility index (Phi) is 6.68. The molecule has 25 heavy (non-hydrogen) atoms. The minimum absolute atomic E-state index is 0.833. The molecule has 0 unspecified atom stereocenters. The molecule has 1 N–H and O–H groups in total. The Hall–Kier alpha value is -1.62. The molecule has 1 saturated heterocycles. The third kappa shape index (κ3) is 5.43. The van der Waals surface area contributed by atoms with Gasteiger partial charge in [-0.2, -0.15) is 0 Å². The molecule has 1 aromatic heterocycles. The Balaban J connectivity index is 1.46. The van der Waals surface area contributed by atoms with Crippen molar-refractivity contribution in [2.24, 2.45) is 0 Å². The van der Waals surface area contributed by atoms with E-state index in [0.717, 1.165) is 70.3 Å². The van der Waals surface area contributed by atoms with Gasteiger partial charge in [0.1, 0.15) is 11.5 Å². The Labute approximate surface area is 151 Å². The summed E-state index contributed by atoms with van der Waals surface area (Å²) < 4.78 is 5.90. The van der Waals surface area contributed by atoms with Gasteiger partial charge in [-0.05, 0) is 31.5 Å². The first-order valence-corrected chi connectivity index (χ1v) is 9.52. The van der Waals surface area contributed by atoms with Gasteiger partial charge >= 0.3 is 0 Å². The molecule has 1 aliphatic heterocycles. The number of hydrogen-bond donors (Lipinski definition) is 1. The molecule has 2 heterocycles. The molecule has 1 aromatic carbocycles. The summed E-state index contributed by atoms with van der Waals surface area (Å²) >= 11 is 0. The van der Waals surface area contributed by atoms with Crippen LogP contribution in [0.25, 0.3) is 0 Å². The van der Waals surface area contributed by atoms with Gasteiger partial charge < -0.3 is 9.73 Å². The van der Waals surface area contributed by atoms with Crippen molar-refractivity contribution in [3.63, 3.8) is 0 Å². The predicted molar refractivity (Wildman–Crippen MR) is 102 cm³/mol. The maximum atomic E-state index is 5.90. The molecule has 136 valence electrons. The molecule has 0 bridgehead atoms. The molecule has 1 aliphatic rings. The SMILES string of the molecule is CCCNCc1cc(CN2CCN(Cc3ccccc3)CC2)c(C)o1. The second-order valence-corrected chi connectivity index (χ2v) is 7.01. The van der Waals surface area contributed by atoms with Crippen LogP contribution in [0, 0.1) is 6.92 Å². The van der Waals surface area contributed by atoms with Crippen LogP contribution < -0.4 is 5.32 Å². The second-order valence-electron chi connectivity index (χ2n) is 7.01. The normalized spacial score (nSPS) is 16.4. The highest BCUT2D eigenvalue weighted by Crippen LogP contribution is 2.18. The highest BCUT2D eigenvalue weighted by Gasteiger charge is 2.19. The molecule has 4 heteroatoms. The minimum atomic E-state index is 0.833. The summed E-state index contributed by atoms with van der Waals surface area (Å²) in [6.45, 7) is 12.7. The number of nitrogens with zero attached hydrogens (tertiary/aromatic N) is 2. The molecule has 4 nitrogen and oxygen atoms in total. The quantitative estimate of drug-likeness (QED) is 0.746. The van der Waals surface area contributed by atoms with Gasteiger partial charge in [0.25, 0.3) is 0 Å². The number of aryl methyl sites for hydroxylation is 1. The molecule has 1 fully saturated rings. The Morgan fingerprint density at radius 1 is 1.00 bits per heavy atom. The Morgan fingerprint density at radius 2 is 1.68 bits per heavy atom. The van der Waals surface area contributed by atoms with Crippen molar-refractivity contribution in [3.05, 3.63) is 59.0 Å². The van der Waals surface area contributed by atoms with Gasteiger partial charge in [0.15, 0.2) is 0 Å². The summed E-state index contributed by atoms with van der Waals surface area (Å²) in [6.07, 6.45) is 1.15. The van der Waals surface area contributed by atoms with Crippen molar-refractivity contribution in [2.75, 3.05) is 32.7 Å². The molecule has 2 aromatic rings. The van der Waals surface area contributed by atoms with Gasteiger partial charge in [0.05, 0.1) is 6.54 Å². The van der Waals surface area contributed by atoms with Crippen molar-refractivity contribution in [1.82, 2.24) is 15.1 Å². The van der Waals surface area contributed by atoms with E-state index in [4.69, 9.17) is 4.42 Å². The summed E-state index contributed by atoms with van der Waals surface area (Å²) in [5.74, 6) is 2.13. The smallest absolute Gasteiger partial charge is 0.118 e. The minimum Gasteiger partial charge on any atom is -0.465 e. The van der Waals surface area contributed by atoms with Gasteiger partial charge in [-0.15, -0.1) is 0 Å². The van der Waals surface area contributed by atoms with Crippen LogP contribution in [0.4, 0.5) is 0 Å². The van der Waals surface area contributed by atoms with Gasteiger partial charge in [-0.1, -0.05) is 37.3 Å². The van der Waals surface area contributed by atoms with Gasteiger partial charge in [-0.3, -0.25) is 9.80 Å². The van der Waals surface area contributed by atoms with Crippen LogP contribution in [0.2, 0.25) is 0 Å². The first kappa shape index (κ1) is 18.2. The van der Waals surface area contributed by atoms with Crippen molar-refractivity contribution in [1.29, 1.82) is 0 Å². The number of rotatable bonds is 8. The van der Waals surface area contributed by atoms with E-state index < -0.39 is 0 Å². The molecule has 3 rings (SSSR count). The van der Waals surface area contributed by atoms with Gasteiger partial charge in [0.2, 0.25) is 0 Å². The zero-order chi connectivity index (χ0) is 17.5. The maximum Gasteiger partial charge on any atom is 0.118 e. The van der Waals surface area contributed by atoms with E-state index >= 15 is 0 Å². The van der Waals surface area contributed by atoms with Crippen molar-refractivity contribution in [3.8, 4) is 0 Å². The van der Waals surface area contributed by atoms with E-state index in [-0.39, 0.29) is 0 Å². The lowest BCUT2D eigenvalue weighted by Gasteiger charge is -2.34. The molecule has 0 saturated carbocycles. The zero-order valence-corrected chi connectivity index (χ0v) is 15.6. The van der Waals surface area contributed by atoms with Crippen molar-refractivity contribution >= 4 is 0 Å². The number of benzene rings is 1. The fourth-order valence-electron chi connectivity index (χ4n) is 3.41. The number of piperazine rings is 1. The molecule has 0 spiro atoms. The van der Waals surface area contributed by atoms with Crippen LogP contribution in [0.5, 0.6) is 0 Å². The third-order valence-corrected chi connectivity index (χ3v) is 4.91. The van der Waals surface area contributed by atoms with E-state index in [1.807, 2.05) is 0 Å². The molecule has 0 aliphatic carbocycles. The highest BCUT2D eigenvalue weighted by molar-refractivity contribution is 5.21. The number of hydrogen-bond acceptors (Lipinski definition) is 4. The van der Waals surface area contributed by atoms with E-state index in [0.29, 0.717) is 0 Å². The molecule has 0 amide bonds. The number of nitrogens with one attached hydrogen (secondary N) is 1. The van der Waals surface area contributed by atoms with Gasteiger partial charge in [-0.25, -0.2) is 0 Å². The van der Waals surface area contributed by atoms with Crippen molar-refractivity contribution in [2.45, 2.75) is 39.9 Å². The molecule has 0 radical (unpaired) electrons. The second kappa shape index (κ2) is 9.18. The van der Waals surface area contributed by atoms with E-state index in [1.165, 1.54) is 11.1 Å². The molecule has 0 atom stereocenters. The van der Waals surface area contributed by atoms with Crippen LogP contribution in [0.1, 0.15) is 36.0 Å². The molecular formula is C21H31N3O. The first-order valence-electron chi connectivity index (χ1n) is 9.52. The third-order valence-electron chi connectivity index (χ3n) is 4.91. The van der Waals surface area contributed by atoms with Crippen LogP contribution in [0.3, 0.4) is 0 Å². The fourth-order valence-corrected chi connectivity index (χ4v) is 3.41. The van der Waals surface area contributed by atoms with Crippen LogP contribution >= 0.6 is 0 Å². The summed E-state index contributed by atoms with van der Waals surface area (Å²) in [6, 6.07) is 13.0. The summed E-state index contributed by atoms with van der Waals surface area (Å²) in [7, 11) is 0. The summed E-state index contributed by atoms with van der Waals surface area (Å²) in [4.78, 5) is 5.09. The fraction of sp³-hybridized carbons (Fsp3) is 0.524. The highest BCUT2D eigenvalue weighted by atomic mass is 16.3. The Bertz CT molecular complexity index is 630. The van der Waals surface area contributed by atoms with E-state index in [1.54, 1.807) is 0 Å². The number of furan rings is 1. The monoisotopic (exact) mass is 341 g/mol. The standard InChI is InChI=1S/C21H31N3O/c1-3-9-22-15-21-14-20(18(2)25-21)17-24-12-10-23(11-13-24)16-19-7-5-4-6-8-19/h4-8,14,22H,3,9-13,15-17H2,1-2H3. The van der Waals surface area contributed by atoms with Crippen LogP contribution in [0.15, 0.2) is 40.8 Å². The lowest BCUT2D eigenvalue weighted by Crippen LogP contribution is -2.45. The van der Waals surface area contributed by atoms with Crippen molar-refractivity contribution < 1.29 is 4.42 Å². The lowest BCUT2D eigenvalue weighted by molar-refractivity contribution is 0.121. The summed E-state index contributed by atoms with van der Waals surface area (Å²) in [5, 5.41) is 3.41.